The number of hydrogen-bond acceptors (Lipinski definition) is 4. The molecule has 1 unspecified atom stereocenters. The molecule has 0 aromatic carbocycles. The van der Waals surface area contributed by atoms with Crippen molar-refractivity contribution in [2.75, 3.05) is 13.7 Å². The molecule has 16 heavy (non-hydrogen) atoms. The molecule has 0 N–H and O–H groups in total. The standard InChI is InChI=1S/C12H19N3O/c1-3-11-5-4-6-15(11)9-10-7-13-12(16-2)14-8-10/h7-8,11H,3-6,9H2,1-2H3. The molecule has 4 nitrogen and oxygen atoms in total. The third-order valence-corrected chi connectivity index (χ3v) is 3.22. The van der Waals surface area contributed by atoms with Gasteiger partial charge in [0.2, 0.25) is 0 Å². The fourth-order valence-corrected chi connectivity index (χ4v) is 2.33. The summed E-state index contributed by atoms with van der Waals surface area (Å²) in [4.78, 5) is 10.8. The maximum Gasteiger partial charge on any atom is 0.316 e. The lowest BCUT2D eigenvalue weighted by atomic mass is 10.1. The molecule has 1 fully saturated rings. The van der Waals surface area contributed by atoms with E-state index < -0.39 is 0 Å². The first-order valence-electron chi connectivity index (χ1n) is 5.92. The molecule has 1 aromatic rings. The Labute approximate surface area is 96.7 Å². The summed E-state index contributed by atoms with van der Waals surface area (Å²) in [6.45, 7) is 4.42. The van der Waals surface area contributed by atoms with Gasteiger partial charge in [-0.25, -0.2) is 9.97 Å². The second-order valence-corrected chi connectivity index (χ2v) is 4.25. The average molecular weight is 221 g/mol. The number of ether oxygens (including phenoxy) is 1. The molecule has 0 amide bonds. The quantitative estimate of drug-likeness (QED) is 0.778. The van der Waals surface area contributed by atoms with Crippen LogP contribution in [0.5, 0.6) is 6.01 Å². The topological polar surface area (TPSA) is 38.2 Å². The molecule has 2 rings (SSSR count). The van der Waals surface area contributed by atoms with E-state index >= 15 is 0 Å². The molecule has 0 saturated carbocycles. The van der Waals surface area contributed by atoms with E-state index in [4.69, 9.17) is 4.74 Å². The van der Waals surface area contributed by atoms with Gasteiger partial charge in [0.05, 0.1) is 7.11 Å². The predicted molar refractivity (Wildman–Crippen MR) is 62.3 cm³/mol. The molecule has 88 valence electrons. The summed E-state index contributed by atoms with van der Waals surface area (Å²) in [5.74, 6) is 0. The van der Waals surface area contributed by atoms with Crippen molar-refractivity contribution >= 4 is 0 Å². The molecule has 0 spiro atoms. The highest BCUT2D eigenvalue weighted by Crippen LogP contribution is 2.21. The Morgan fingerprint density at radius 3 is 2.81 bits per heavy atom. The number of likely N-dealkylation sites (tertiary alicyclic amines) is 1. The van der Waals surface area contributed by atoms with Gasteiger partial charge in [0, 0.05) is 30.5 Å². The molecular weight excluding hydrogens is 202 g/mol. The van der Waals surface area contributed by atoms with Crippen LogP contribution in [0.4, 0.5) is 0 Å². The van der Waals surface area contributed by atoms with E-state index in [9.17, 15) is 0 Å². The van der Waals surface area contributed by atoms with Crippen LogP contribution < -0.4 is 4.74 Å². The van der Waals surface area contributed by atoms with E-state index in [-0.39, 0.29) is 0 Å². The van der Waals surface area contributed by atoms with Crippen LogP contribution in [0.15, 0.2) is 12.4 Å². The molecule has 0 aliphatic carbocycles. The lowest BCUT2D eigenvalue weighted by Crippen LogP contribution is -2.28. The van der Waals surface area contributed by atoms with Crippen molar-refractivity contribution in [2.24, 2.45) is 0 Å². The van der Waals surface area contributed by atoms with Crippen LogP contribution in [0.3, 0.4) is 0 Å². The molecule has 1 aliphatic rings. The largest absolute Gasteiger partial charge is 0.467 e. The highest BCUT2D eigenvalue weighted by Gasteiger charge is 2.22. The minimum atomic E-state index is 0.442. The zero-order valence-corrected chi connectivity index (χ0v) is 10.0. The zero-order valence-electron chi connectivity index (χ0n) is 10.0. The summed E-state index contributed by atoms with van der Waals surface area (Å²) < 4.78 is 4.95. The van der Waals surface area contributed by atoms with Crippen LogP contribution in [-0.2, 0) is 6.54 Å². The SMILES string of the molecule is CCC1CCCN1Cc1cnc(OC)nc1. The number of hydrogen-bond donors (Lipinski definition) is 0. The Morgan fingerprint density at radius 2 is 2.19 bits per heavy atom. The summed E-state index contributed by atoms with van der Waals surface area (Å²) in [6.07, 6.45) is 7.59. The van der Waals surface area contributed by atoms with Crippen LogP contribution in [0.1, 0.15) is 31.7 Å². The van der Waals surface area contributed by atoms with E-state index in [0.717, 1.165) is 12.6 Å². The fraction of sp³-hybridized carbons (Fsp3) is 0.667. The molecule has 1 saturated heterocycles. The number of nitrogens with zero attached hydrogens (tertiary/aromatic N) is 3. The van der Waals surface area contributed by atoms with Crippen molar-refractivity contribution in [1.82, 2.24) is 14.9 Å². The van der Waals surface area contributed by atoms with E-state index in [1.54, 1.807) is 7.11 Å². The van der Waals surface area contributed by atoms with Crippen molar-refractivity contribution < 1.29 is 4.74 Å². The van der Waals surface area contributed by atoms with Crippen LogP contribution in [0.25, 0.3) is 0 Å². The molecule has 0 bridgehead atoms. The molecule has 2 heterocycles. The lowest BCUT2D eigenvalue weighted by molar-refractivity contribution is 0.239. The van der Waals surface area contributed by atoms with Gasteiger partial charge in [0.1, 0.15) is 0 Å². The van der Waals surface area contributed by atoms with Crippen molar-refractivity contribution in [3.8, 4) is 6.01 Å². The van der Waals surface area contributed by atoms with E-state index in [2.05, 4.69) is 21.8 Å². The van der Waals surface area contributed by atoms with Crippen LogP contribution in [0, 0.1) is 0 Å². The third-order valence-electron chi connectivity index (χ3n) is 3.22. The van der Waals surface area contributed by atoms with E-state index in [0.29, 0.717) is 6.01 Å². The van der Waals surface area contributed by atoms with Gasteiger partial charge >= 0.3 is 6.01 Å². The van der Waals surface area contributed by atoms with Crippen LogP contribution in [0.2, 0.25) is 0 Å². The second kappa shape index (κ2) is 5.25. The maximum atomic E-state index is 4.95. The van der Waals surface area contributed by atoms with Crippen molar-refractivity contribution in [3.05, 3.63) is 18.0 Å². The van der Waals surface area contributed by atoms with Gasteiger partial charge in [-0.1, -0.05) is 6.92 Å². The first kappa shape index (κ1) is 11.3. The van der Waals surface area contributed by atoms with Crippen molar-refractivity contribution in [3.63, 3.8) is 0 Å². The Hall–Kier alpha value is -1.16. The van der Waals surface area contributed by atoms with E-state index in [1.165, 1.54) is 31.4 Å². The van der Waals surface area contributed by atoms with Crippen molar-refractivity contribution in [1.29, 1.82) is 0 Å². The second-order valence-electron chi connectivity index (χ2n) is 4.25. The van der Waals surface area contributed by atoms with Gasteiger partial charge < -0.3 is 4.74 Å². The summed E-state index contributed by atoms with van der Waals surface area (Å²) >= 11 is 0. The van der Waals surface area contributed by atoms with Gasteiger partial charge in [-0.05, 0) is 25.8 Å². The number of methoxy groups -OCH3 is 1. The summed E-state index contributed by atoms with van der Waals surface area (Å²) in [7, 11) is 1.59. The van der Waals surface area contributed by atoms with Gasteiger partial charge in [0.25, 0.3) is 0 Å². The Kier molecular flexibility index (Phi) is 3.72. The monoisotopic (exact) mass is 221 g/mol. The third kappa shape index (κ3) is 2.50. The number of aromatic nitrogens is 2. The van der Waals surface area contributed by atoms with Gasteiger partial charge in [0.15, 0.2) is 0 Å². The maximum absolute atomic E-state index is 4.95. The fourth-order valence-electron chi connectivity index (χ4n) is 2.33. The molecule has 4 heteroatoms. The molecule has 1 aromatic heterocycles. The van der Waals surface area contributed by atoms with Gasteiger partial charge in [-0.3, -0.25) is 4.90 Å². The first-order chi connectivity index (χ1) is 7.83. The molecule has 0 radical (unpaired) electrons. The van der Waals surface area contributed by atoms with Crippen LogP contribution >= 0.6 is 0 Å². The minimum absolute atomic E-state index is 0.442. The summed E-state index contributed by atoms with van der Waals surface area (Å²) in [5, 5.41) is 0. The smallest absolute Gasteiger partial charge is 0.316 e. The van der Waals surface area contributed by atoms with E-state index in [1.807, 2.05) is 12.4 Å². The highest BCUT2D eigenvalue weighted by atomic mass is 16.5. The van der Waals surface area contributed by atoms with Crippen LogP contribution in [-0.4, -0.2) is 34.6 Å². The highest BCUT2D eigenvalue weighted by molar-refractivity contribution is 5.07. The van der Waals surface area contributed by atoms with Gasteiger partial charge in [-0.15, -0.1) is 0 Å². The first-order valence-corrected chi connectivity index (χ1v) is 5.92. The predicted octanol–water partition coefficient (Wildman–Crippen LogP) is 1.86. The summed E-state index contributed by atoms with van der Waals surface area (Å²) in [6, 6.07) is 1.18. The normalized spacial score (nSPS) is 21.2. The minimum Gasteiger partial charge on any atom is -0.467 e. The van der Waals surface area contributed by atoms with Gasteiger partial charge in [-0.2, -0.15) is 0 Å². The zero-order chi connectivity index (χ0) is 11.4. The molecule has 1 aliphatic heterocycles. The Balaban J connectivity index is 1.97. The number of rotatable bonds is 4. The Bertz CT molecular complexity index is 326. The Morgan fingerprint density at radius 1 is 1.44 bits per heavy atom. The molecule has 1 atom stereocenters. The average Bonchev–Trinajstić information content (AvgIpc) is 2.77. The lowest BCUT2D eigenvalue weighted by Gasteiger charge is -2.22. The summed E-state index contributed by atoms with van der Waals surface area (Å²) in [5.41, 5.74) is 1.17. The van der Waals surface area contributed by atoms with Crippen molar-refractivity contribution in [2.45, 2.75) is 38.8 Å². The molecular formula is C12H19N3O.